The van der Waals surface area contributed by atoms with Gasteiger partial charge < -0.3 is 40.0 Å². The van der Waals surface area contributed by atoms with Crippen molar-refractivity contribution in [3.8, 4) is 34.5 Å². The molecule has 0 aromatic heterocycles. The minimum absolute atomic E-state index is 0.0597. The third kappa shape index (κ3) is 7.52. The Morgan fingerprint density at radius 3 is 1.92 bits per heavy atom. The van der Waals surface area contributed by atoms with Gasteiger partial charge in [0.25, 0.3) is 0 Å². The van der Waals surface area contributed by atoms with Crippen molar-refractivity contribution < 1.29 is 39.1 Å². The van der Waals surface area contributed by atoms with Gasteiger partial charge in [-0.3, -0.25) is 9.98 Å². The third-order valence-corrected chi connectivity index (χ3v) is 5.00. The molecule has 0 saturated carbocycles. The molecule has 0 aliphatic carbocycles. The largest absolute Gasteiger partial charge is 0.507 e. The highest BCUT2D eigenvalue weighted by atomic mass is 16.5. The summed E-state index contributed by atoms with van der Waals surface area (Å²) in [7, 11) is 5.77. The van der Waals surface area contributed by atoms with Crippen LogP contribution in [0.4, 0.5) is 0 Å². The number of carboxylic acids is 1. The molecular formula is C24H30N4O8. The number of carbonyl (C=O) groups is 1. The van der Waals surface area contributed by atoms with E-state index in [0.717, 1.165) is 0 Å². The molecule has 36 heavy (non-hydrogen) atoms. The van der Waals surface area contributed by atoms with Crippen LogP contribution in [-0.2, 0) is 4.79 Å². The fourth-order valence-electron chi connectivity index (χ4n) is 3.08. The van der Waals surface area contributed by atoms with Gasteiger partial charge >= 0.3 is 5.97 Å². The average molecular weight is 503 g/mol. The number of aliphatic carboxylic acids is 1. The van der Waals surface area contributed by atoms with Crippen LogP contribution in [0.5, 0.6) is 34.5 Å². The highest BCUT2D eigenvalue weighted by molar-refractivity contribution is 5.96. The molecule has 0 bridgehead atoms. The first-order valence-electron chi connectivity index (χ1n) is 10.7. The second-order valence-corrected chi connectivity index (χ2v) is 7.30. The SMILES string of the molecule is COc1cc(O)c(C=NC(N)=NCCCC(N=Cc2c(O)cc(OC)cc2OC)C(=O)O)c(OC)c1. The summed E-state index contributed by atoms with van der Waals surface area (Å²) in [6.07, 6.45) is 3.08. The number of ether oxygens (including phenoxy) is 4. The highest BCUT2D eigenvalue weighted by Crippen LogP contribution is 2.33. The molecule has 0 spiro atoms. The highest BCUT2D eigenvalue weighted by Gasteiger charge is 2.17. The topological polar surface area (TPSA) is 178 Å². The van der Waals surface area contributed by atoms with Crippen LogP contribution < -0.4 is 24.7 Å². The zero-order chi connectivity index (χ0) is 26.7. The van der Waals surface area contributed by atoms with Gasteiger partial charge in [-0.25, -0.2) is 9.79 Å². The summed E-state index contributed by atoms with van der Waals surface area (Å²) in [5, 5.41) is 29.9. The fourth-order valence-corrected chi connectivity index (χ4v) is 3.08. The quantitative estimate of drug-likeness (QED) is 0.192. The molecular weight excluding hydrogens is 472 g/mol. The van der Waals surface area contributed by atoms with Gasteiger partial charge in [-0.15, -0.1) is 0 Å². The van der Waals surface area contributed by atoms with Crippen molar-refractivity contribution in [2.45, 2.75) is 18.9 Å². The molecule has 0 saturated heterocycles. The lowest BCUT2D eigenvalue weighted by atomic mass is 10.1. The molecule has 2 aromatic rings. The Hall–Kier alpha value is -4.48. The second-order valence-electron chi connectivity index (χ2n) is 7.30. The number of methoxy groups -OCH3 is 4. The number of aromatic hydroxyl groups is 2. The summed E-state index contributed by atoms with van der Waals surface area (Å²) < 4.78 is 20.6. The maximum Gasteiger partial charge on any atom is 0.328 e. The number of nitrogens with zero attached hydrogens (tertiary/aromatic N) is 3. The van der Waals surface area contributed by atoms with Gasteiger partial charge in [-0.1, -0.05) is 0 Å². The van der Waals surface area contributed by atoms with E-state index in [2.05, 4.69) is 15.0 Å². The standard InChI is InChI=1S/C24H30N4O8/c1-33-14-8-19(29)16(21(10-14)35-3)12-27-18(23(31)32)6-5-7-26-24(25)28-13-17-20(30)9-15(34-2)11-22(17)36-4/h8-13,18,29-30H,5-7H2,1-4H3,(H2,25,26)(H,31,32). The van der Waals surface area contributed by atoms with Gasteiger partial charge in [-0.05, 0) is 12.8 Å². The molecule has 2 aromatic carbocycles. The predicted molar refractivity (Wildman–Crippen MR) is 135 cm³/mol. The Labute approximate surface area is 208 Å². The Morgan fingerprint density at radius 2 is 1.44 bits per heavy atom. The van der Waals surface area contributed by atoms with Crippen molar-refractivity contribution >= 4 is 24.4 Å². The number of benzene rings is 2. The van der Waals surface area contributed by atoms with Crippen LogP contribution in [0.15, 0.2) is 39.2 Å². The van der Waals surface area contributed by atoms with E-state index < -0.39 is 12.0 Å². The maximum atomic E-state index is 11.6. The zero-order valence-electron chi connectivity index (χ0n) is 20.5. The van der Waals surface area contributed by atoms with Crippen LogP contribution in [-0.4, -0.2) is 80.7 Å². The molecule has 1 unspecified atom stereocenters. The van der Waals surface area contributed by atoms with Crippen molar-refractivity contribution in [1.82, 2.24) is 0 Å². The number of rotatable bonds is 12. The first-order valence-corrected chi connectivity index (χ1v) is 10.7. The van der Waals surface area contributed by atoms with Crippen LogP contribution in [0.1, 0.15) is 24.0 Å². The third-order valence-electron chi connectivity index (χ3n) is 5.00. The Kier molecular flexibility index (Phi) is 10.3. The van der Waals surface area contributed by atoms with Crippen LogP contribution in [0, 0.1) is 0 Å². The van der Waals surface area contributed by atoms with Crippen molar-refractivity contribution in [2.24, 2.45) is 20.7 Å². The summed E-state index contributed by atoms with van der Waals surface area (Å²) >= 11 is 0. The van der Waals surface area contributed by atoms with Crippen molar-refractivity contribution in [2.75, 3.05) is 35.0 Å². The average Bonchev–Trinajstić information content (AvgIpc) is 2.86. The number of phenolic OH excluding ortho intramolecular Hbond substituents is 2. The molecule has 12 heteroatoms. The van der Waals surface area contributed by atoms with Crippen molar-refractivity contribution in [3.05, 3.63) is 35.4 Å². The smallest absolute Gasteiger partial charge is 0.328 e. The van der Waals surface area contributed by atoms with E-state index in [9.17, 15) is 20.1 Å². The first kappa shape index (κ1) is 27.8. The molecule has 0 radical (unpaired) electrons. The Bertz CT molecular complexity index is 1150. The molecule has 12 nitrogen and oxygen atoms in total. The molecule has 0 heterocycles. The summed E-state index contributed by atoms with van der Waals surface area (Å²) in [4.78, 5) is 23.8. The van der Waals surface area contributed by atoms with Gasteiger partial charge in [0.1, 0.15) is 40.5 Å². The van der Waals surface area contributed by atoms with Gasteiger partial charge in [-0.2, -0.15) is 0 Å². The Morgan fingerprint density at radius 1 is 0.917 bits per heavy atom. The van der Waals surface area contributed by atoms with Crippen LogP contribution >= 0.6 is 0 Å². The number of hydrogen-bond acceptors (Lipinski definition) is 9. The Balaban J connectivity index is 2.03. The fraction of sp³-hybridized carbons (Fsp3) is 0.333. The van der Waals surface area contributed by atoms with Gasteiger partial charge in [0.2, 0.25) is 5.96 Å². The lowest BCUT2D eigenvalue weighted by Gasteiger charge is -2.11. The summed E-state index contributed by atoms with van der Waals surface area (Å²) in [5.41, 5.74) is 6.34. The molecule has 0 amide bonds. The van der Waals surface area contributed by atoms with Crippen LogP contribution in [0.2, 0.25) is 0 Å². The molecule has 1 atom stereocenters. The summed E-state index contributed by atoms with van der Waals surface area (Å²) in [6.45, 7) is 0.200. The van der Waals surface area contributed by atoms with Crippen molar-refractivity contribution in [3.63, 3.8) is 0 Å². The summed E-state index contributed by atoms with van der Waals surface area (Å²) in [5.74, 6) is -0.0295. The van der Waals surface area contributed by atoms with Crippen LogP contribution in [0.3, 0.4) is 0 Å². The number of hydrogen-bond donors (Lipinski definition) is 4. The van der Waals surface area contributed by atoms with E-state index in [1.807, 2.05) is 0 Å². The van der Waals surface area contributed by atoms with E-state index in [1.165, 1.54) is 53.0 Å². The van der Waals surface area contributed by atoms with E-state index in [0.29, 0.717) is 29.2 Å². The molecule has 194 valence electrons. The minimum Gasteiger partial charge on any atom is -0.507 e. The molecule has 5 N–H and O–H groups in total. The monoisotopic (exact) mass is 502 g/mol. The number of nitrogens with two attached hydrogens (primary N) is 1. The predicted octanol–water partition coefficient (Wildman–Crippen LogP) is 2.22. The minimum atomic E-state index is -1.13. The number of aliphatic imine (C=N–C) groups is 3. The summed E-state index contributed by atoms with van der Waals surface area (Å²) in [6, 6.07) is 4.85. The van der Waals surface area contributed by atoms with Gasteiger partial charge in [0.05, 0.1) is 39.6 Å². The van der Waals surface area contributed by atoms with Gasteiger partial charge in [0.15, 0.2) is 0 Å². The van der Waals surface area contributed by atoms with E-state index in [4.69, 9.17) is 24.7 Å². The molecule has 0 aliphatic heterocycles. The molecule has 0 aliphatic rings. The van der Waals surface area contributed by atoms with Crippen LogP contribution in [0.25, 0.3) is 0 Å². The van der Waals surface area contributed by atoms with Crippen molar-refractivity contribution in [1.29, 1.82) is 0 Å². The number of carboxylic acid groups (broad SMARTS) is 1. The maximum absolute atomic E-state index is 11.6. The first-order chi connectivity index (χ1) is 17.2. The number of phenols is 2. The lowest BCUT2D eigenvalue weighted by molar-refractivity contribution is -0.138. The molecule has 2 rings (SSSR count). The van der Waals surface area contributed by atoms with E-state index in [-0.39, 0.29) is 41.7 Å². The number of guanidine groups is 1. The normalized spacial score (nSPS) is 12.6. The molecule has 0 fully saturated rings. The second kappa shape index (κ2) is 13.4. The van der Waals surface area contributed by atoms with E-state index >= 15 is 0 Å². The lowest BCUT2D eigenvalue weighted by Crippen LogP contribution is -2.19. The van der Waals surface area contributed by atoms with Gasteiger partial charge in [0, 0.05) is 43.2 Å². The zero-order valence-corrected chi connectivity index (χ0v) is 20.5. The van der Waals surface area contributed by atoms with E-state index in [1.54, 1.807) is 12.1 Å².